The van der Waals surface area contributed by atoms with E-state index in [1.807, 2.05) is 31.2 Å². The fourth-order valence-electron chi connectivity index (χ4n) is 3.43. The second-order valence-corrected chi connectivity index (χ2v) is 7.68. The summed E-state index contributed by atoms with van der Waals surface area (Å²) < 4.78 is 10.8. The maximum atomic E-state index is 11.8. The molecule has 1 aliphatic heterocycles. The molecular formula is C19H20N4O4S. The highest BCUT2D eigenvalue weighted by atomic mass is 32.1. The molecule has 0 saturated carbocycles. The number of nitrogens with one attached hydrogen (secondary N) is 1. The summed E-state index contributed by atoms with van der Waals surface area (Å²) in [5.41, 5.74) is 4.54. The number of fused-ring (bicyclic) bond motifs is 1. The Balaban J connectivity index is 1.50. The molecule has 0 spiro atoms. The van der Waals surface area contributed by atoms with Crippen molar-refractivity contribution in [3.8, 4) is 17.2 Å². The number of benzene rings is 1. The first kappa shape index (κ1) is 18.6. The van der Waals surface area contributed by atoms with E-state index < -0.39 is 5.91 Å². The average molecular weight is 400 g/mol. The number of nitrogens with zero attached hydrogens (tertiary/aromatic N) is 3. The SMILES string of the molecule is COc1ccccc1-c1nc(CN2CCc3sc(C(=O)NO)c(C)c3C2)no1. The normalized spacial score (nSPS) is 14.0. The van der Waals surface area contributed by atoms with Gasteiger partial charge in [-0.3, -0.25) is 14.9 Å². The predicted octanol–water partition coefficient (Wildman–Crippen LogP) is 2.79. The van der Waals surface area contributed by atoms with Crippen molar-refractivity contribution in [2.45, 2.75) is 26.4 Å². The molecule has 28 heavy (non-hydrogen) atoms. The Kier molecular flexibility index (Phi) is 5.12. The van der Waals surface area contributed by atoms with Gasteiger partial charge in [0.15, 0.2) is 5.82 Å². The summed E-state index contributed by atoms with van der Waals surface area (Å²) in [5.74, 6) is 1.26. The van der Waals surface area contributed by atoms with Gasteiger partial charge < -0.3 is 9.26 Å². The molecule has 1 aliphatic rings. The zero-order valence-electron chi connectivity index (χ0n) is 15.6. The molecule has 1 amide bonds. The second kappa shape index (κ2) is 7.70. The number of rotatable bonds is 5. The lowest BCUT2D eigenvalue weighted by atomic mass is 10.0. The van der Waals surface area contributed by atoms with Gasteiger partial charge in [0.2, 0.25) is 0 Å². The van der Waals surface area contributed by atoms with Gasteiger partial charge in [0.05, 0.1) is 24.1 Å². The first-order valence-corrected chi connectivity index (χ1v) is 9.66. The van der Waals surface area contributed by atoms with E-state index in [2.05, 4.69) is 15.0 Å². The highest BCUT2D eigenvalue weighted by Crippen LogP contribution is 2.33. The molecular weight excluding hydrogens is 380 g/mol. The van der Waals surface area contributed by atoms with E-state index >= 15 is 0 Å². The third-order valence-electron chi connectivity index (χ3n) is 4.87. The van der Waals surface area contributed by atoms with Crippen LogP contribution in [0.25, 0.3) is 11.5 Å². The first-order chi connectivity index (χ1) is 13.6. The van der Waals surface area contributed by atoms with E-state index in [1.54, 1.807) is 12.6 Å². The van der Waals surface area contributed by atoms with Crippen molar-refractivity contribution in [3.05, 3.63) is 51.0 Å². The van der Waals surface area contributed by atoms with Gasteiger partial charge in [0.1, 0.15) is 5.75 Å². The quantitative estimate of drug-likeness (QED) is 0.502. The van der Waals surface area contributed by atoms with Gasteiger partial charge in [0, 0.05) is 18.0 Å². The highest BCUT2D eigenvalue weighted by Gasteiger charge is 2.26. The molecule has 0 saturated heterocycles. The van der Waals surface area contributed by atoms with E-state index in [9.17, 15) is 4.79 Å². The van der Waals surface area contributed by atoms with Gasteiger partial charge in [-0.2, -0.15) is 4.98 Å². The van der Waals surface area contributed by atoms with Crippen LogP contribution < -0.4 is 10.2 Å². The molecule has 1 aromatic carbocycles. The fraction of sp³-hybridized carbons (Fsp3) is 0.316. The zero-order valence-corrected chi connectivity index (χ0v) is 16.4. The Labute approximate surface area is 165 Å². The minimum absolute atomic E-state index is 0.429. The van der Waals surface area contributed by atoms with Crippen molar-refractivity contribution in [1.29, 1.82) is 0 Å². The molecule has 0 radical (unpaired) electrons. The number of thiophene rings is 1. The molecule has 0 unspecified atom stereocenters. The molecule has 146 valence electrons. The minimum atomic E-state index is -0.455. The molecule has 0 atom stereocenters. The van der Waals surface area contributed by atoms with Crippen LogP contribution in [0.1, 0.15) is 31.5 Å². The summed E-state index contributed by atoms with van der Waals surface area (Å²) in [5, 5.41) is 13.0. The van der Waals surface area contributed by atoms with Crippen molar-refractivity contribution >= 4 is 17.2 Å². The van der Waals surface area contributed by atoms with Crippen LogP contribution in [0.15, 0.2) is 28.8 Å². The van der Waals surface area contributed by atoms with Crippen LogP contribution in [0.4, 0.5) is 0 Å². The van der Waals surface area contributed by atoms with E-state index in [-0.39, 0.29) is 0 Å². The number of methoxy groups -OCH3 is 1. The number of hydroxylamine groups is 1. The van der Waals surface area contributed by atoms with Crippen LogP contribution >= 0.6 is 11.3 Å². The van der Waals surface area contributed by atoms with Gasteiger partial charge in [-0.05, 0) is 36.6 Å². The van der Waals surface area contributed by atoms with Crippen LogP contribution in [0.5, 0.6) is 5.75 Å². The smallest absolute Gasteiger partial charge is 0.284 e. The largest absolute Gasteiger partial charge is 0.496 e. The minimum Gasteiger partial charge on any atom is -0.496 e. The van der Waals surface area contributed by atoms with Gasteiger partial charge >= 0.3 is 0 Å². The molecule has 2 N–H and O–H groups in total. The van der Waals surface area contributed by atoms with Crippen molar-refractivity contribution in [2.75, 3.05) is 13.7 Å². The molecule has 0 bridgehead atoms. The first-order valence-electron chi connectivity index (χ1n) is 8.84. The Hall–Kier alpha value is -2.75. The summed E-state index contributed by atoms with van der Waals surface area (Å²) in [7, 11) is 1.61. The average Bonchev–Trinajstić information content (AvgIpc) is 3.32. The zero-order chi connectivity index (χ0) is 19.7. The van der Waals surface area contributed by atoms with E-state index in [0.717, 1.165) is 29.7 Å². The Bertz CT molecular complexity index is 1010. The van der Waals surface area contributed by atoms with Gasteiger partial charge in [-0.1, -0.05) is 17.3 Å². The number of para-hydroxylation sites is 1. The number of carbonyl (C=O) groups is 1. The molecule has 0 aliphatic carbocycles. The highest BCUT2D eigenvalue weighted by molar-refractivity contribution is 7.14. The van der Waals surface area contributed by atoms with Gasteiger partial charge in [-0.25, -0.2) is 5.48 Å². The van der Waals surface area contributed by atoms with E-state index in [4.69, 9.17) is 14.5 Å². The fourth-order valence-corrected chi connectivity index (χ4v) is 4.63. The molecule has 9 heteroatoms. The maximum Gasteiger partial charge on any atom is 0.284 e. The molecule has 8 nitrogen and oxygen atoms in total. The van der Waals surface area contributed by atoms with Crippen molar-refractivity contribution < 1.29 is 19.3 Å². The molecule has 2 aromatic heterocycles. The Morgan fingerprint density at radius 2 is 2.25 bits per heavy atom. The Morgan fingerprint density at radius 1 is 1.43 bits per heavy atom. The lowest BCUT2D eigenvalue weighted by molar-refractivity contribution is 0.0710. The van der Waals surface area contributed by atoms with Crippen LogP contribution in [0.2, 0.25) is 0 Å². The second-order valence-electron chi connectivity index (χ2n) is 6.58. The van der Waals surface area contributed by atoms with Crippen LogP contribution in [-0.2, 0) is 19.5 Å². The van der Waals surface area contributed by atoms with Crippen molar-refractivity contribution in [3.63, 3.8) is 0 Å². The number of aromatic nitrogens is 2. The number of hydrogen-bond acceptors (Lipinski definition) is 8. The number of carbonyl (C=O) groups excluding carboxylic acids is 1. The lowest BCUT2D eigenvalue weighted by Gasteiger charge is -2.25. The maximum absolute atomic E-state index is 11.8. The van der Waals surface area contributed by atoms with E-state index in [0.29, 0.717) is 35.4 Å². The topological polar surface area (TPSA) is 101 Å². The predicted molar refractivity (Wildman–Crippen MR) is 102 cm³/mol. The molecule has 3 aromatic rings. The van der Waals surface area contributed by atoms with Crippen molar-refractivity contribution in [1.82, 2.24) is 20.5 Å². The third kappa shape index (κ3) is 3.39. The van der Waals surface area contributed by atoms with Crippen LogP contribution in [0.3, 0.4) is 0 Å². The Morgan fingerprint density at radius 3 is 3.04 bits per heavy atom. The van der Waals surface area contributed by atoms with Gasteiger partial charge in [-0.15, -0.1) is 11.3 Å². The number of ether oxygens (including phenoxy) is 1. The summed E-state index contributed by atoms with van der Waals surface area (Å²) in [6.45, 7) is 4.01. The van der Waals surface area contributed by atoms with E-state index in [1.165, 1.54) is 16.2 Å². The molecule has 4 rings (SSSR count). The number of hydrogen-bond donors (Lipinski definition) is 2. The van der Waals surface area contributed by atoms with Crippen LogP contribution in [0, 0.1) is 6.92 Å². The number of amides is 1. The van der Waals surface area contributed by atoms with Gasteiger partial charge in [0.25, 0.3) is 11.8 Å². The standard InChI is InChI=1S/C19H20N4O4S/c1-11-13-9-23(8-7-15(13)28-17(11)18(24)21-25)10-16-20-19(27-22-16)12-5-3-4-6-14(12)26-2/h3-6,25H,7-10H2,1-2H3,(H,21,24). The summed E-state index contributed by atoms with van der Waals surface area (Å²) >= 11 is 1.45. The summed E-state index contributed by atoms with van der Waals surface area (Å²) in [6.07, 6.45) is 0.844. The third-order valence-corrected chi connectivity index (χ3v) is 6.26. The molecule has 3 heterocycles. The monoisotopic (exact) mass is 400 g/mol. The lowest BCUT2D eigenvalue weighted by Crippen LogP contribution is -2.30. The van der Waals surface area contributed by atoms with Crippen molar-refractivity contribution in [2.24, 2.45) is 0 Å². The van der Waals surface area contributed by atoms with Crippen LogP contribution in [-0.4, -0.2) is 39.8 Å². The molecule has 0 fully saturated rings. The summed E-state index contributed by atoms with van der Waals surface area (Å²) in [4.78, 5) is 20.3. The summed E-state index contributed by atoms with van der Waals surface area (Å²) in [6, 6.07) is 7.52.